The summed E-state index contributed by atoms with van der Waals surface area (Å²) in [7, 11) is 0. The highest BCUT2D eigenvalue weighted by Gasteiger charge is 2.09. The minimum absolute atomic E-state index is 0.142. The first-order valence-electron chi connectivity index (χ1n) is 4.77. The molecule has 3 nitrogen and oxygen atoms in total. The molecule has 1 unspecified atom stereocenters. The van der Waals surface area contributed by atoms with Gasteiger partial charge in [0.15, 0.2) is 0 Å². The second-order valence-corrected chi connectivity index (χ2v) is 3.08. The molecule has 0 amide bonds. The summed E-state index contributed by atoms with van der Waals surface area (Å²) in [5, 5.41) is 13.6. The van der Waals surface area contributed by atoms with Crippen LogP contribution >= 0.6 is 0 Å². The van der Waals surface area contributed by atoms with Gasteiger partial charge in [-0.3, -0.25) is 0 Å². The second-order valence-electron chi connectivity index (χ2n) is 3.08. The van der Waals surface area contributed by atoms with Crippen molar-refractivity contribution in [3.8, 4) is 0 Å². The number of nitrogens with one attached hydrogen (secondary N) is 1. The molecule has 1 atom stereocenters. The molecule has 0 rings (SSSR count). The van der Waals surface area contributed by atoms with Gasteiger partial charge in [-0.1, -0.05) is 26.8 Å². The number of aliphatic carboxylic acids is 1. The third-order valence-electron chi connectivity index (χ3n) is 2.01. The molecule has 13 heavy (non-hydrogen) atoms. The van der Waals surface area contributed by atoms with Gasteiger partial charge >= 0.3 is 0 Å². The van der Waals surface area contributed by atoms with Gasteiger partial charge in [0.05, 0.1) is 5.97 Å². The van der Waals surface area contributed by atoms with E-state index in [1.807, 2.05) is 6.92 Å². The van der Waals surface area contributed by atoms with Crippen LogP contribution in [0.3, 0.4) is 0 Å². The quantitative estimate of drug-likeness (QED) is 0.462. The van der Waals surface area contributed by atoms with Gasteiger partial charge in [-0.25, -0.2) is 0 Å². The number of unbranched alkanes of at least 4 members (excludes halogenated alkanes) is 1. The molecule has 0 heterocycles. The zero-order chi connectivity index (χ0) is 10.3. The molecule has 76 valence electrons. The molecule has 0 saturated heterocycles. The fourth-order valence-corrected chi connectivity index (χ4v) is 1.11. The Hall–Kier alpha value is -0.830. The number of hydrogen-bond donors (Lipinski definition) is 1. The number of carboxylic acids is 1. The molecular weight excluding hydrogens is 166 g/mol. The lowest BCUT2D eigenvalue weighted by Gasteiger charge is -2.19. The lowest BCUT2D eigenvalue weighted by Crippen LogP contribution is -2.38. The summed E-state index contributed by atoms with van der Waals surface area (Å²) >= 11 is 0. The highest BCUT2D eigenvalue weighted by atomic mass is 16.4. The summed E-state index contributed by atoms with van der Waals surface area (Å²) < 4.78 is 0. The average Bonchev–Trinajstić information content (AvgIpc) is 2.11. The zero-order valence-electron chi connectivity index (χ0n) is 8.43. The maximum absolute atomic E-state index is 10.5. The molecule has 0 aromatic rings. The van der Waals surface area contributed by atoms with Gasteiger partial charge in [0.1, 0.15) is 0 Å². The minimum atomic E-state index is -1.16. The van der Waals surface area contributed by atoms with E-state index in [4.69, 9.17) is 0 Å². The van der Waals surface area contributed by atoms with E-state index in [0.717, 1.165) is 25.8 Å². The van der Waals surface area contributed by atoms with Crippen molar-refractivity contribution >= 4 is 5.97 Å². The predicted octanol–water partition coefficient (Wildman–Crippen LogP) is 0.461. The molecule has 0 bridgehead atoms. The molecule has 0 aromatic carbocycles. The van der Waals surface area contributed by atoms with Crippen LogP contribution in [-0.4, -0.2) is 18.6 Å². The molecule has 3 heteroatoms. The van der Waals surface area contributed by atoms with E-state index >= 15 is 0 Å². The van der Waals surface area contributed by atoms with Gasteiger partial charge in [-0.15, -0.1) is 0 Å². The van der Waals surface area contributed by atoms with Crippen molar-refractivity contribution in [2.24, 2.45) is 0 Å². The van der Waals surface area contributed by atoms with Crippen molar-refractivity contribution in [1.29, 1.82) is 0 Å². The average molecular weight is 184 g/mol. The SMILES string of the molecule is C=C(C(=O)[O-])C(CC)NCCCC. The zero-order valence-corrected chi connectivity index (χ0v) is 8.43. The number of rotatable bonds is 7. The minimum Gasteiger partial charge on any atom is -0.545 e. The largest absolute Gasteiger partial charge is 0.545 e. The second kappa shape index (κ2) is 6.66. The van der Waals surface area contributed by atoms with Crippen LogP contribution in [0.15, 0.2) is 12.2 Å². The summed E-state index contributed by atoms with van der Waals surface area (Å²) in [6, 6.07) is -0.142. The maximum atomic E-state index is 10.5. The van der Waals surface area contributed by atoms with Crippen LogP contribution in [0.4, 0.5) is 0 Å². The topological polar surface area (TPSA) is 52.2 Å². The molecular formula is C10H18NO2-. The Bertz CT molecular complexity index is 178. The van der Waals surface area contributed by atoms with Crippen LogP contribution in [0.25, 0.3) is 0 Å². The smallest absolute Gasteiger partial charge is 0.0684 e. The van der Waals surface area contributed by atoms with Crippen LogP contribution in [0, 0.1) is 0 Å². The first-order valence-corrected chi connectivity index (χ1v) is 4.77. The highest BCUT2D eigenvalue weighted by Crippen LogP contribution is 2.02. The summed E-state index contributed by atoms with van der Waals surface area (Å²) in [5.41, 5.74) is 0.151. The lowest BCUT2D eigenvalue weighted by atomic mass is 10.1. The Morgan fingerprint density at radius 1 is 1.54 bits per heavy atom. The molecule has 0 aliphatic heterocycles. The van der Waals surface area contributed by atoms with Gasteiger partial charge < -0.3 is 15.2 Å². The van der Waals surface area contributed by atoms with E-state index in [-0.39, 0.29) is 11.6 Å². The first-order chi connectivity index (χ1) is 6.13. The van der Waals surface area contributed by atoms with Gasteiger partial charge in [-0.2, -0.15) is 0 Å². The Labute approximate surface area is 79.8 Å². The van der Waals surface area contributed by atoms with E-state index in [1.54, 1.807) is 0 Å². The highest BCUT2D eigenvalue weighted by molar-refractivity contribution is 5.85. The molecule has 0 aromatic heterocycles. The maximum Gasteiger partial charge on any atom is 0.0684 e. The molecule has 0 saturated carbocycles. The van der Waals surface area contributed by atoms with Crippen molar-refractivity contribution in [2.45, 2.75) is 39.2 Å². The Morgan fingerprint density at radius 3 is 2.54 bits per heavy atom. The summed E-state index contributed by atoms with van der Waals surface area (Å²) in [6.45, 7) is 8.34. The number of carboxylic acid groups (broad SMARTS) is 1. The third kappa shape index (κ3) is 4.68. The fraction of sp³-hybridized carbons (Fsp3) is 0.700. The Morgan fingerprint density at radius 2 is 2.15 bits per heavy atom. The van der Waals surface area contributed by atoms with Gasteiger partial charge in [0.2, 0.25) is 0 Å². The molecule has 0 spiro atoms. The predicted molar refractivity (Wildman–Crippen MR) is 51.1 cm³/mol. The Balaban J connectivity index is 3.88. The van der Waals surface area contributed by atoms with Crippen molar-refractivity contribution in [1.82, 2.24) is 5.32 Å². The van der Waals surface area contributed by atoms with Crippen LogP contribution in [0.1, 0.15) is 33.1 Å². The Kier molecular flexibility index (Phi) is 6.24. The van der Waals surface area contributed by atoms with Crippen LogP contribution in [0.5, 0.6) is 0 Å². The number of hydrogen-bond acceptors (Lipinski definition) is 3. The van der Waals surface area contributed by atoms with Crippen LogP contribution < -0.4 is 10.4 Å². The van der Waals surface area contributed by atoms with E-state index in [1.165, 1.54) is 0 Å². The number of carbonyl (C=O) groups is 1. The van der Waals surface area contributed by atoms with Crippen molar-refractivity contribution in [3.05, 3.63) is 12.2 Å². The fourth-order valence-electron chi connectivity index (χ4n) is 1.11. The van der Waals surface area contributed by atoms with Gasteiger partial charge in [-0.05, 0) is 25.0 Å². The van der Waals surface area contributed by atoms with Crippen LogP contribution in [-0.2, 0) is 4.79 Å². The van der Waals surface area contributed by atoms with Crippen molar-refractivity contribution in [2.75, 3.05) is 6.54 Å². The van der Waals surface area contributed by atoms with E-state index in [0.29, 0.717) is 0 Å². The normalized spacial score (nSPS) is 12.5. The summed E-state index contributed by atoms with van der Waals surface area (Å²) in [5.74, 6) is -1.16. The standard InChI is InChI=1S/C10H19NO2/c1-4-6-7-11-9(5-2)8(3)10(12)13/h9,11H,3-7H2,1-2H3,(H,12,13)/p-1. The van der Waals surface area contributed by atoms with Crippen LogP contribution in [0.2, 0.25) is 0 Å². The molecule has 0 aliphatic rings. The van der Waals surface area contributed by atoms with Crippen molar-refractivity contribution < 1.29 is 9.90 Å². The number of carbonyl (C=O) groups excluding carboxylic acids is 1. The summed E-state index contributed by atoms with van der Waals surface area (Å²) in [6.07, 6.45) is 2.88. The molecule has 0 aliphatic carbocycles. The monoisotopic (exact) mass is 184 g/mol. The molecule has 0 radical (unpaired) electrons. The van der Waals surface area contributed by atoms with Gasteiger partial charge in [0, 0.05) is 6.04 Å². The van der Waals surface area contributed by atoms with E-state index in [9.17, 15) is 9.90 Å². The lowest BCUT2D eigenvalue weighted by molar-refractivity contribution is -0.299. The van der Waals surface area contributed by atoms with Crippen molar-refractivity contribution in [3.63, 3.8) is 0 Å². The first kappa shape index (κ1) is 12.2. The summed E-state index contributed by atoms with van der Waals surface area (Å²) in [4.78, 5) is 10.5. The van der Waals surface area contributed by atoms with E-state index < -0.39 is 5.97 Å². The third-order valence-corrected chi connectivity index (χ3v) is 2.01. The molecule has 1 N–H and O–H groups in total. The van der Waals surface area contributed by atoms with E-state index in [2.05, 4.69) is 18.8 Å². The van der Waals surface area contributed by atoms with Gasteiger partial charge in [0.25, 0.3) is 0 Å². The molecule has 0 fully saturated rings.